The Balaban J connectivity index is 2.07. The van der Waals surface area contributed by atoms with E-state index in [0.29, 0.717) is 11.8 Å². The minimum absolute atomic E-state index is 0.226. The fraction of sp³-hybridized carbons (Fsp3) is 1.00. The second-order valence-corrected chi connectivity index (χ2v) is 5.07. The summed E-state index contributed by atoms with van der Waals surface area (Å²) < 4.78 is 40.2. The van der Waals surface area contributed by atoms with E-state index < -0.39 is 12.8 Å². The Labute approximate surface area is 107 Å². The molecule has 108 valence electrons. The average molecular weight is 267 g/mol. The summed E-state index contributed by atoms with van der Waals surface area (Å²) in [6, 6.07) is 0. The maximum Gasteiger partial charge on any atom is 0.411 e. The minimum atomic E-state index is -4.19. The lowest BCUT2D eigenvalue weighted by atomic mass is 9.91. The van der Waals surface area contributed by atoms with Gasteiger partial charge < -0.3 is 10.1 Å². The SMILES string of the molecule is CCNCC1CCCC1CCCOCC(F)(F)F. The van der Waals surface area contributed by atoms with E-state index in [1.54, 1.807) is 0 Å². The molecule has 2 atom stereocenters. The second-order valence-electron chi connectivity index (χ2n) is 5.07. The summed E-state index contributed by atoms with van der Waals surface area (Å²) in [5, 5.41) is 3.36. The molecule has 0 radical (unpaired) electrons. The number of hydrogen-bond donors (Lipinski definition) is 1. The van der Waals surface area contributed by atoms with Crippen molar-refractivity contribution in [3.63, 3.8) is 0 Å². The van der Waals surface area contributed by atoms with E-state index in [2.05, 4.69) is 17.0 Å². The zero-order valence-electron chi connectivity index (χ0n) is 11.1. The largest absolute Gasteiger partial charge is 0.411 e. The van der Waals surface area contributed by atoms with E-state index in [0.717, 1.165) is 25.9 Å². The highest BCUT2D eigenvalue weighted by atomic mass is 19.4. The summed E-state index contributed by atoms with van der Waals surface area (Å²) >= 11 is 0. The van der Waals surface area contributed by atoms with Gasteiger partial charge in [-0.05, 0) is 44.2 Å². The molecule has 0 aromatic heterocycles. The van der Waals surface area contributed by atoms with Crippen LogP contribution in [0.1, 0.15) is 39.0 Å². The van der Waals surface area contributed by atoms with Crippen molar-refractivity contribution in [1.82, 2.24) is 5.32 Å². The van der Waals surface area contributed by atoms with Gasteiger partial charge in [-0.15, -0.1) is 0 Å². The first-order valence-electron chi connectivity index (χ1n) is 6.88. The van der Waals surface area contributed by atoms with E-state index >= 15 is 0 Å². The van der Waals surface area contributed by atoms with Crippen molar-refractivity contribution in [2.75, 3.05) is 26.3 Å². The molecule has 2 nitrogen and oxygen atoms in total. The molecule has 5 heteroatoms. The summed E-state index contributed by atoms with van der Waals surface area (Å²) in [5.74, 6) is 1.37. The second kappa shape index (κ2) is 8.00. The molecule has 0 saturated heterocycles. The van der Waals surface area contributed by atoms with Crippen molar-refractivity contribution >= 4 is 0 Å². The van der Waals surface area contributed by atoms with Gasteiger partial charge in [0.25, 0.3) is 0 Å². The van der Waals surface area contributed by atoms with Crippen LogP contribution in [0, 0.1) is 11.8 Å². The normalized spacial score (nSPS) is 24.7. The molecule has 18 heavy (non-hydrogen) atoms. The molecule has 0 bridgehead atoms. The number of nitrogens with one attached hydrogen (secondary N) is 1. The Bertz CT molecular complexity index is 221. The molecule has 1 N–H and O–H groups in total. The van der Waals surface area contributed by atoms with E-state index in [-0.39, 0.29) is 6.61 Å². The van der Waals surface area contributed by atoms with Gasteiger partial charge in [-0.1, -0.05) is 19.8 Å². The van der Waals surface area contributed by atoms with Crippen LogP contribution >= 0.6 is 0 Å². The number of ether oxygens (including phenoxy) is 1. The summed E-state index contributed by atoms with van der Waals surface area (Å²) in [6.45, 7) is 3.24. The smallest absolute Gasteiger partial charge is 0.372 e. The molecule has 0 amide bonds. The molecular formula is C13H24F3NO. The molecule has 0 aliphatic heterocycles. The highest BCUT2D eigenvalue weighted by molar-refractivity contribution is 4.78. The molecule has 1 fully saturated rings. The van der Waals surface area contributed by atoms with Crippen LogP contribution in [0.25, 0.3) is 0 Å². The van der Waals surface area contributed by atoms with Gasteiger partial charge in [0.1, 0.15) is 6.61 Å². The first-order chi connectivity index (χ1) is 8.53. The predicted octanol–water partition coefficient (Wildman–Crippen LogP) is 3.37. The molecular weight excluding hydrogens is 243 g/mol. The van der Waals surface area contributed by atoms with Crippen LogP contribution in [-0.2, 0) is 4.74 Å². The van der Waals surface area contributed by atoms with Gasteiger partial charge >= 0.3 is 6.18 Å². The Morgan fingerprint density at radius 1 is 1.22 bits per heavy atom. The van der Waals surface area contributed by atoms with Crippen LogP contribution in [0.3, 0.4) is 0 Å². The highest BCUT2D eigenvalue weighted by Gasteiger charge is 2.28. The molecule has 0 heterocycles. The lowest BCUT2D eigenvalue weighted by Crippen LogP contribution is -2.25. The van der Waals surface area contributed by atoms with Crippen LogP contribution in [0.4, 0.5) is 13.2 Å². The van der Waals surface area contributed by atoms with Gasteiger partial charge in [-0.25, -0.2) is 0 Å². The third-order valence-corrected chi connectivity index (χ3v) is 3.60. The maximum atomic E-state index is 11.9. The van der Waals surface area contributed by atoms with Gasteiger partial charge in [-0.3, -0.25) is 0 Å². The van der Waals surface area contributed by atoms with Crippen molar-refractivity contribution in [3.05, 3.63) is 0 Å². The highest BCUT2D eigenvalue weighted by Crippen LogP contribution is 2.34. The maximum absolute atomic E-state index is 11.9. The molecule has 0 aromatic rings. The summed E-state index contributed by atoms with van der Waals surface area (Å²) in [5.41, 5.74) is 0. The quantitative estimate of drug-likeness (QED) is 0.681. The number of halogens is 3. The average Bonchev–Trinajstić information content (AvgIpc) is 2.72. The van der Waals surface area contributed by atoms with Gasteiger partial charge in [0.2, 0.25) is 0 Å². The summed E-state index contributed by atoms with van der Waals surface area (Å²) in [4.78, 5) is 0. The summed E-state index contributed by atoms with van der Waals surface area (Å²) in [6.07, 6.45) is 1.26. The number of rotatable bonds is 8. The number of alkyl halides is 3. The topological polar surface area (TPSA) is 21.3 Å². The first-order valence-corrected chi connectivity index (χ1v) is 6.88. The molecule has 2 unspecified atom stereocenters. The van der Waals surface area contributed by atoms with E-state index in [4.69, 9.17) is 0 Å². The lowest BCUT2D eigenvalue weighted by Gasteiger charge is -2.19. The van der Waals surface area contributed by atoms with Crippen molar-refractivity contribution in [2.45, 2.75) is 45.2 Å². The van der Waals surface area contributed by atoms with Crippen molar-refractivity contribution < 1.29 is 17.9 Å². The van der Waals surface area contributed by atoms with Crippen molar-refractivity contribution in [2.24, 2.45) is 11.8 Å². The van der Waals surface area contributed by atoms with Crippen molar-refractivity contribution in [3.8, 4) is 0 Å². The number of hydrogen-bond acceptors (Lipinski definition) is 2. The zero-order valence-corrected chi connectivity index (χ0v) is 11.1. The monoisotopic (exact) mass is 267 g/mol. The van der Waals surface area contributed by atoms with E-state index in [9.17, 15) is 13.2 Å². The third kappa shape index (κ3) is 6.59. The molecule has 1 saturated carbocycles. The zero-order chi connectivity index (χ0) is 13.4. The predicted molar refractivity (Wildman–Crippen MR) is 65.5 cm³/mol. The molecule has 1 rings (SSSR count). The third-order valence-electron chi connectivity index (χ3n) is 3.60. The van der Waals surface area contributed by atoms with Crippen LogP contribution in [0.15, 0.2) is 0 Å². The van der Waals surface area contributed by atoms with Gasteiger partial charge in [0.05, 0.1) is 0 Å². The van der Waals surface area contributed by atoms with Gasteiger partial charge in [-0.2, -0.15) is 13.2 Å². The molecule has 0 aromatic carbocycles. The van der Waals surface area contributed by atoms with Crippen molar-refractivity contribution in [1.29, 1.82) is 0 Å². The van der Waals surface area contributed by atoms with Crippen LogP contribution in [0.2, 0.25) is 0 Å². The lowest BCUT2D eigenvalue weighted by molar-refractivity contribution is -0.174. The fourth-order valence-corrected chi connectivity index (χ4v) is 2.73. The van der Waals surface area contributed by atoms with E-state index in [1.807, 2.05) is 0 Å². The van der Waals surface area contributed by atoms with Gasteiger partial charge in [0.15, 0.2) is 0 Å². The van der Waals surface area contributed by atoms with Crippen LogP contribution in [0.5, 0.6) is 0 Å². The fourth-order valence-electron chi connectivity index (χ4n) is 2.73. The van der Waals surface area contributed by atoms with Gasteiger partial charge in [0, 0.05) is 6.61 Å². The standard InChI is InChI=1S/C13H24F3NO/c1-2-17-9-12-6-3-5-11(12)7-4-8-18-10-13(14,15)16/h11-12,17H,2-10H2,1H3. The first kappa shape index (κ1) is 15.8. The Morgan fingerprint density at radius 2 is 1.94 bits per heavy atom. The minimum Gasteiger partial charge on any atom is -0.372 e. The molecule has 0 spiro atoms. The Morgan fingerprint density at radius 3 is 2.61 bits per heavy atom. The van der Waals surface area contributed by atoms with E-state index in [1.165, 1.54) is 19.3 Å². The van der Waals surface area contributed by atoms with Crippen LogP contribution in [-0.4, -0.2) is 32.5 Å². The van der Waals surface area contributed by atoms with Crippen LogP contribution < -0.4 is 5.32 Å². The molecule has 1 aliphatic carbocycles. The Hall–Kier alpha value is -0.290. The summed E-state index contributed by atoms with van der Waals surface area (Å²) in [7, 11) is 0. The Kier molecular flexibility index (Phi) is 7.00. The molecule has 1 aliphatic rings.